The van der Waals surface area contributed by atoms with Crippen LogP contribution in [0, 0.1) is 11.8 Å². The second-order valence-electron chi connectivity index (χ2n) is 5.84. The number of hydrogen-bond donors (Lipinski definition) is 0. The van der Waals surface area contributed by atoms with Crippen molar-refractivity contribution < 1.29 is 9.47 Å². The van der Waals surface area contributed by atoms with Gasteiger partial charge in [-0.25, -0.2) is 0 Å². The van der Waals surface area contributed by atoms with Gasteiger partial charge in [-0.2, -0.15) is 0 Å². The summed E-state index contributed by atoms with van der Waals surface area (Å²) in [5, 5.41) is 0. The normalized spacial score (nSPS) is 29.7. The Balaban J connectivity index is 1.42. The molecule has 102 valence electrons. The second-order valence-corrected chi connectivity index (χ2v) is 5.84. The molecule has 0 aliphatic heterocycles. The molecular weight excluding hydrogens is 236 g/mol. The van der Waals surface area contributed by atoms with Crippen molar-refractivity contribution in [2.24, 2.45) is 11.8 Å². The summed E-state index contributed by atoms with van der Waals surface area (Å²) in [7, 11) is 0. The zero-order valence-corrected chi connectivity index (χ0v) is 11.4. The predicted octanol–water partition coefficient (Wildman–Crippen LogP) is 3.92. The number of fused-ring (bicyclic) bond motifs is 2. The molecule has 2 saturated carbocycles. The third-order valence-electron chi connectivity index (χ3n) is 4.39. The predicted molar refractivity (Wildman–Crippen MR) is 75.6 cm³/mol. The lowest BCUT2D eigenvalue weighted by Gasteiger charge is -2.31. The summed E-state index contributed by atoms with van der Waals surface area (Å²) >= 11 is 0. The van der Waals surface area contributed by atoms with E-state index in [9.17, 15) is 0 Å². The molecule has 3 atom stereocenters. The molecule has 2 bridgehead atoms. The molecule has 0 N–H and O–H groups in total. The van der Waals surface area contributed by atoms with Crippen LogP contribution in [0.15, 0.2) is 42.5 Å². The van der Waals surface area contributed by atoms with Crippen molar-refractivity contribution >= 4 is 0 Å². The van der Waals surface area contributed by atoms with Crippen molar-refractivity contribution in [1.82, 2.24) is 0 Å². The van der Waals surface area contributed by atoms with Gasteiger partial charge in [-0.15, -0.1) is 0 Å². The Bertz CT molecular complexity index is 410. The molecular formula is C17H22O2. The van der Waals surface area contributed by atoms with E-state index in [0.29, 0.717) is 31.3 Å². The summed E-state index contributed by atoms with van der Waals surface area (Å²) in [4.78, 5) is 0. The van der Waals surface area contributed by atoms with Gasteiger partial charge in [0.25, 0.3) is 0 Å². The Morgan fingerprint density at radius 2 is 1.74 bits per heavy atom. The Kier molecular flexibility index (Phi) is 4.00. The molecule has 1 aromatic rings. The quantitative estimate of drug-likeness (QED) is 0.453. The smallest absolute Gasteiger partial charge is 0.147 e. The Labute approximate surface area is 115 Å². The Hall–Kier alpha value is -1.12. The van der Waals surface area contributed by atoms with Crippen LogP contribution in [0.1, 0.15) is 31.2 Å². The van der Waals surface area contributed by atoms with E-state index >= 15 is 0 Å². The molecule has 1 aromatic carbocycles. The maximum absolute atomic E-state index is 5.98. The molecule has 0 saturated heterocycles. The maximum Gasteiger partial charge on any atom is 0.147 e. The highest BCUT2D eigenvalue weighted by atomic mass is 16.7. The van der Waals surface area contributed by atoms with Gasteiger partial charge in [0.05, 0.1) is 12.7 Å². The molecule has 3 rings (SSSR count). The third-order valence-corrected chi connectivity index (χ3v) is 4.39. The van der Waals surface area contributed by atoms with Crippen LogP contribution in [0.3, 0.4) is 0 Å². The number of rotatable bonds is 5. The van der Waals surface area contributed by atoms with E-state index in [-0.39, 0.29) is 0 Å². The van der Waals surface area contributed by atoms with Crippen LogP contribution in [-0.2, 0) is 16.1 Å². The van der Waals surface area contributed by atoms with Gasteiger partial charge < -0.3 is 9.47 Å². The maximum atomic E-state index is 5.98. The van der Waals surface area contributed by atoms with E-state index in [4.69, 9.17) is 9.47 Å². The molecule has 2 aliphatic rings. The van der Waals surface area contributed by atoms with Crippen LogP contribution in [0.4, 0.5) is 0 Å². The van der Waals surface area contributed by atoms with Crippen molar-refractivity contribution in [3.05, 3.63) is 48.0 Å². The first-order valence-electron chi connectivity index (χ1n) is 7.23. The molecule has 2 heteroatoms. The summed E-state index contributed by atoms with van der Waals surface area (Å²) < 4.78 is 11.6. The molecule has 2 fully saturated rings. The monoisotopic (exact) mass is 258 g/mol. The summed E-state index contributed by atoms with van der Waals surface area (Å²) in [6.07, 6.45) is 5.31. The minimum atomic E-state index is 0.404. The summed E-state index contributed by atoms with van der Waals surface area (Å²) in [6.45, 7) is 5.19. The SMILES string of the molecule is C=C1C[C@H]2CC[C@@H](C1)[C@H]2OCOCc1ccccc1. The summed E-state index contributed by atoms with van der Waals surface area (Å²) in [6, 6.07) is 10.2. The van der Waals surface area contributed by atoms with E-state index in [1.807, 2.05) is 18.2 Å². The molecule has 2 nitrogen and oxygen atoms in total. The highest BCUT2D eigenvalue weighted by Crippen LogP contribution is 2.45. The van der Waals surface area contributed by atoms with Gasteiger partial charge in [0.2, 0.25) is 0 Å². The summed E-state index contributed by atoms with van der Waals surface area (Å²) in [5.41, 5.74) is 2.61. The van der Waals surface area contributed by atoms with Crippen LogP contribution in [0.2, 0.25) is 0 Å². The van der Waals surface area contributed by atoms with E-state index in [2.05, 4.69) is 18.7 Å². The molecule has 0 aromatic heterocycles. The molecule has 0 spiro atoms. The Morgan fingerprint density at radius 1 is 1.05 bits per heavy atom. The zero-order valence-electron chi connectivity index (χ0n) is 11.4. The lowest BCUT2D eigenvalue weighted by molar-refractivity contribution is -0.122. The average Bonchev–Trinajstić information content (AvgIpc) is 2.67. The first-order valence-corrected chi connectivity index (χ1v) is 7.23. The van der Waals surface area contributed by atoms with Crippen LogP contribution >= 0.6 is 0 Å². The minimum absolute atomic E-state index is 0.404. The number of hydrogen-bond acceptors (Lipinski definition) is 2. The minimum Gasteiger partial charge on any atom is -0.352 e. The molecule has 0 heterocycles. The zero-order chi connectivity index (χ0) is 13.1. The van der Waals surface area contributed by atoms with Crippen molar-refractivity contribution in [2.45, 2.75) is 38.4 Å². The van der Waals surface area contributed by atoms with Gasteiger partial charge in [0.15, 0.2) is 0 Å². The lowest BCUT2D eigenvalue weighted by atomic mass is 9.83. The van der Waals surface area contributed by atoms with Gasteiger partial charge in [0.1, 0.15) is 6.79 Å². The van der Waals surface area contributed by atoms with E-state index in [1.54, 1.807) is 0 Å². The first-order chi connectivity index (χ1) is 9.33. The third kappa shape index (κ3) is 3.07. The van der Waals surface area contributed by atoms with Gasteiger partial charge in [-0.1, -0.05) is 42.5 Å². The van der Waals surface area contributed by atoms with Gasteiger partial charge in [-0.3, -0.25) is 0 Å². The Morgan fingerprint density at radius 3 is 2.42 bits per heavy atom. The lowest BCUT2D eigenvalue weighted by Crippen LogP contribution is -2.30. The number of ether oxygens (including phenoxy) is 2. The average molecular weight is 258 g/mol. The van der Waals surface area contributed by atoms with Crippen molar-refractivity contribution in [1.29, 1.82) is 0 Å². The second kappa shape index (κ2) is 5.89. The van der Waals surface area contributed by atoms with E-state index in [0.717, 1.165) is 12.8 Å². The largest absolute Gasteiger partial charge is 0.352 e. The van der Waals surface area contributed by atoms with E-state index in [1.165, 1.54) is 24.0 Å². The van der Waals surface area contributed by atoms with Crippen molar-refractivity contribution in [3.63, 3.8) is 0 Å². The topological polar surface area (TPSA) is 18.5 Å². The van der Waals surface area contributed by atoms with Gasteiger partial charge in [-0.05, 0) is 43.1 Å². The molecule has 0 unspecified atom stereocenters. The fraction of sp³-hybridized carbons (Fsp3) is 0.529. The van der Waals surface area contributed by atoms with Crippen LogP contribution < -0.4 is 0 Å². The highest BCUT2D eigenvalue weighted by Gasteiger charge is 2.40. The van der Waals surface area contributed by atoms with Crippen LogP contribution in [-0.4, -0.2) is 12.9 Å². The number of allylic oxidation sites excluding steroid dienone is 1. The van der Waals surface area contributed by atoms with Crippen LogP contribution in [0.5, 0.6) is 0 Å². The number of benzene rings is 1. The van der Waals surface area contributed by atoms with Crippen molar-refractivity contribution in [2.75, 3.05) is 6.79 Å². The first kappa shape index (κ1) is 12.9. The standard InChI is InChI=1S/C17H22O2/c1-13-9-15-7-8-16(10-13)17(15)19-12-18-11-14-5-3-2-4-6-14/h2-6,15-17H,1,7-12H2/t15-,16+,17+. The van der Waals surface area contributed by atoms with E-state index < -0.39 is 0 Å². The fourth-order valence-electron chi connectivity index (χ4n) is 3.54. The fourth-order valence-corrected chi connectivity index (χ4v) is 3.54. The van der Waals surface area contributed by atoms with Gasteiger partial charge in [0, 0.05) is 0 Å². The highest BCUT2D eigenvalue weighted by molar-refractivity contribution is 5.13. The summed E-state index contributed by atoms with van der Waals surface area (Å²) in [5.74, 6) is 1.37. The molecule has 2 aliphatic carbocycles. The van der Waals surface area contributed by atoms with Gasteiger partial charge >= 0.3 is 0 Å². The molecule has 0 radical (unpaired) electrons. The van der Waals surface area contributed by atoms with Crippen LogP contribution in [0.25, 0.3) is 0 Å². The molecule has 0 amide bonds. The van der Waals surface area contributed by atoms with Crippen molar-refractivity contribution in [3.8, 4) is 0 Å². The molecule has 19 heavy (non-hydrogen) atoms.